The van der Waals surface area contributed by atoms with Gasteiger partial charge < -0.3 is 14.6 Å². The second-order valence-electron chi connectivity index (χ2n) is 5.03. The van der Waals surface area contributed by atoms with Crippen LogP contribution in [0.5, 0.6) is 5.75 Å². The van der Waals surface area contributed by atoms with Gasteiger partial charge in [0.15, 0.2) is 9.84 Å². The number of nitrogens with one attached hydrogen (secondary N) is 1. The molecule has 1 aliphatic rings. The highest BCUT2D eigenvalue weighted by molar-refractivity contribution is 7.91. The van der Waals surface area contributed by atoms with Gasteiger partial charge in [-0.1, -0.05) is 0 Å². The van der Waals surface area contributed by atoms with E-state index in [0.717, 1.165) is 24.4 Å². The minimum absolute atomic E-state index is 0.315. The van der Waals surface area contributed by atoms with Gasteiger partial charge >= 0.3 is 0 Å². The van der Waals surface area contributed by atoms with E-state index in [1.807, 2.05) is 16.7 Å². The molecule has 2 heterocycles. The van der Waals surface area contributed by atoms with Gasteiger partial charge in [-0.15, -0.1) is 0 Å². The molecule has 0 amide bonds. The zero-order valence-electron chi connectivity index (χ0n) is 12.0. The average molecular weight is 307 g/mol. The van der Waals surface area contributed by atoms with Crippen LogP contribution in [0.1, 0.15) is 0 Å². The van der Waals surface area contributed by atoms with Crippen LogP contribution in [0.3, 0.4) is 0 Å². The predicted molar refractivity (Wildman–Crippen MR) is 81.9 cm³/mol. The number of hydrogen-bond acceptors (Lipinski definition) is 5. The van der Waals surface area contributed by atoms with Crippen molar-refractivity contribution in [1.82, 2.24) is 9.88 Å². The van der Waals surface area contributed by atoms with Gasteiger partial charge in [-0.05, 0) is 18.2 Å². The summed E-state index contributed by atoms with van der Waals surface area (Å²) in [5.41, 5.74) is 0.854. The number of ether oxygens (including phenoxy) is 1. The summed E-state index contributed by atoms with van der Waals surface area (Å²) in [5.74, 6) is 1.52. The van der Waals surface area contributed by atoms with Crippen molar-refractivity contribution in [3.05, 3.63) is 24.4 Å². The lowest BCUT2D eigenvalue weighted by Crippen LogP contribution is -2.23. The van der Waals surface area contributed by atoms with Gasteiger partial charge in [-0.3, -0.25) is 4.99 Å². The Morgan fingerprint density at radius 2 is 2.24 bits per heavy atom. The molecule has 7 heteroatoms. The number of benzene rings is 1. The summed E-state index contributed by atoms with van der Waals surface area (Å²) in [4.78, 5) is 4.67. The number of sulfone groups is 1. The molecule has 0 aliphatic carbocycles. The van der Waals surface area contributed by atoms with E-state index in [1.54, 1.807) is 19.4 Å². The van der Waals surface area contributed by atoms with Crippen molar-refractivity contribution in [2.24, 2.45) is 4.99 Å². The van der Waals surface area contributed by atoms with Crippen molar-refractivity contribution in [2.45, 2.75) is 11.4 Å². The van der Waals surface area contributed by atoms with Crippen LogP contribution in [0, 0.1) is 0 Å². The molecule has 6 nitrogen and oxygen atoms in total. The Morgan fingerprint density at radius 3 is 2.86 bits per heavy atom. The summed E-state index contributed by atoms with van der Waals surface area (Å²) in [6.45, 7) is 2.14. The molecular weight excluding hydrogens is 290 g/mol. The number of rotatable bonds is 4. The first-order valence-corrected chi connectivity index (χ1v) is 8.52. The molecule has 0 radical (unpaired) electrons. The molecule has 1 N–H and O–H groups in total. The topological polar surface area (TPSA) is 72.7 Å². The van der Waals surface area contributed by atoms with Crippen LogP contribution in [0.15, 0.2) is 34.3 Å². The molecule has 0 saturated carbocycles. The molecule has 0 saturated heterocycles. The smallest absolute Gasteiger partial charge is 0.177 e. The standard InChI is InChI=1S/C14H17N3O3S/c1-20-10-3-4-12-11(7-10)13(21(2,18)19)8-17(12)9-14-15-5-6-16-14/h3-4,7-8H,5-6,9H2,1-2H3,(H,15,16). The Bertz CT molecular complexity index is 821. The Hall–Kier alpha value is -2.02. The van der Waals surface area contributed by atoms with Gasteiger partial charge in [0.25, 0.3) is 0 Å². The molecule has 1 aromatic heterocycles. The molecule has 0 unspecified atom stereocenters. The largest absolute Gasteiger partial charge is 0.497 e. The van der Waals surface area contributed by atoms with Crippen molar-refractivity contribution < 1.29 is 13.2 Å². The molecule has 0 bridgehead atoms. The van der Waals surface area contributed by atoms with Gasteiger partial charge in [0.1, 0.15) is 11.6 Å². The summed E-state index contributed by atoms with van der Waals surface area (Å²) < 4.78 is 31.1. The van der Waals surface area contributed by atoms with Crippen LogP contribution in [0.2, 0.25) is 0 Å². The highest BCUT2D eigenvalue weighted by Crippen LogP contribution is 2.29. The lowest BCUT2D eigenvalue weighted by Gasteiger charge is -2.06. The second-order valence-corrected chi connectivity index (χ2v) is 7.02. The van der Waals surface area contributed by atoms with E-state index in [0.29, 0.717) is 22.6 Å². The Labute approximate surface area is 123 Å². The van der Waals surface area contributed by atoms with E-state index in [1.165, 1.54) is 6.26 Å². The maximum Gasteiger partial charge on any atom is 0.177 e. The maximum absolute atomic E-state index is 12.0. The van der Waals surface area contributed by atoms with Crippen molar-refractivity contribution in [1.29, 1.82) is 0 Å². The van der Waals surface area contributed by atoms with Gasteiger partial charge in [-0.2, -0.15) is 0 Å². The monoisotopic (exact) mass is 307 g/mol. The molecule has 21 heavy (non-hydrogen) atoms. The molecule has 0 spiro atoms. The third-order valence-electron chi connectivity index (χ3n) is 3.51. The minimum atomic E-state index is -3.30. The number of amidine groups is 1. The Balaban J connectivity index is 2.16. The van der Waals surface area contributed by atoms with E-state index in [4.69, 9.17) is 4.74 Å². The molecule has 0 fully saturated rings. The number of hydrogen-bond donors (Lipinski definition) is 1. The lowest BCUT2D eigenvalue weighted by molar-refractivity contribution is 0.415. The van der Waals surface area contributed by atoms with E-state index >= 15 is 0 Å². The van der Waals surface area contributed by atoms with Gasteiger partial charge in [0.2, 0.25) is 0 Å². The van der Waals surface area contributed by atoms with E-state index in [9.17, 15) is 8.42 Å². The molecule has 1 aromatic carbocycles. The molecule has 1 aliphatic heterocycles. The van der Waals surface area contributed by atoms with Gasteiger partial charge in [0, 0.05) is 24.4 Å². The third kappa shape index (κ3) is 2.61. The van der Waals surface area contributed by atoms with Gasteiger partial charge in [-0.25, -0.2) is 8.42 Å². The minimum Gasteiger partial charge on any atom is -0.497 e. The first-order chi connectivity index (χ1) is 9.99. The Morgan fingerprint density at radius 1 is 1.43 bits per heavy atom. The first kappa shape index (κ1) is 13.9. The van der Waals surface area contributed by atoms with Crippen molar-refractivity contribution >= 4 is 26.6 Å². The maximum atomic E-state index is 12.0. The molecule has 112 valence electrons. The van der Waals surface area contributed by atoms with Crippen molar-refractivity contribution in [3.63, 3.8) is 0 Å². The summed E-state index contributed by atoms with van der Waals surface area (Å²) >= 11 is 0. The summed E-state index contributed by atoms with van der Waals surface area (Å²) in [6, 6.07) is 5.46. The normalized spacial score (nSPS) is 15.0. The second kappa shape index (κ2) is 5.07. The third-order valence-corrected chi connectivity index (χ3v) is 4.64. The van der Waals surface area contributed by atoms with Crippen molar-refractivity contribution in [2.75, 3.05) is 26.5 Å². The highest BCUT2D eigenvalue weighted by atomic mass is 32.2. The predicted octanol–water partition coefficient (Wildman–Crippen LogP) is 1.06. The SMILES string of the molecule is COc1ccc2c(c1)c(S(C)(=O)=O)cn2CC1=NCCN1. The zero-order chi connectivity index (χ0) is 15.0. The lowest BCUT2D eigenvalue weighted by atomic mass is 10.2. The zero-order valence-corrected chi connectivity index (χ0v) is 12.8. The van der Waals surface area contributed by atoms with E-state index < -0.39 is 9.84 Å². The number of nitrogens with zero attached hydrogens (tertiary/aromatic N) is 2. The summed E-state index contributed by atoms with van der Waals surface area (Å²) in [7, 11) is -1.74. The van der Waals surface area contributed by atoms with E-state index in [-0.39, 0.29) is 0 Å². The number of aromatic nitrogens is 1. The van der Waals surface area contributed by atoms with Crippen molar-refractivity contribution in [3.8, 4) is 5.75 Å². The molecular formula is C14H17N3O3S. The summed E-state index contributed by atoms with van der Waals surface area (Å²) in [5, 5.41) is 3.87. The van der Waals surface area contributed by atoms with Gasteiger partial charge in [0.05, 0.1) is 30.6 Å². The van der Waals surface area contributed by atoms with Crippen LogP contribution < -0.4 is 10.1 Å². The molecule has 0 atom stereocenters. The fourth-order valence-electron chi connectivity index (χ4n) is 2.51. The first-order valence-electron chi connectivity index (χ1n) is 6.63. The van der Waals surface area contributed by atoms with Crippen LogP contribution >= 0.6 is 0 Å². The number of fused-ring (bicyclic) bond motifs is 1. The van der Waals surface area contributed by atoms with Crippen LogP contribution in [0.4, 0.5) is 0 Å². The van der Waals surface area contributed by atoms with E-state index in [2.05, 4.69) is 10.3 Å². The summed E-state index contributed by atoms with van der Waals surface area (Å²) in [6.07, 6.45) is 2.89. The molecule has 3 rings (SSSR count). The number of aliphatic imine (C=N–C) groups is 1. The average Bonchev–Trinajstić information content (AvgIpc) is 3.06. The van der Waals surface area contributed by atoms with Crippen LogP contribution in [-0.2, 0) is 16.4 Å². The Kier molecular flexibility index (Phi) is 3.36. The highest BCUT2D eigenvalue weighted by Gasteiger charge is 2.18. The fourth-order valence-corrected chi connectivity index (χ4v) is 3.39. The quantitative estimate of drug-likeness (QED) is 0.916. The molecule has 2 aromatic rings. The van der Waals surface area contributed by atoms with Crippen LogP contribution in [0.25, 0.3) is 10.9 Å². The van der Waals surface area contributed by atoms with Crippen LogP contribution in [-0.4, -0.2) is 45.3 Å². The number of methoxy groups -OCH3 is 1. The fraction of sp³-hybridized carbons (Fsp3) is 0.357.